The maximum Gasteiger partial charge on any atom is 0.135 e. The normalized spacial score (nSPS) is 12.0. The molecule has 7 aromatic carbocycles. The minimum Gasteiger partial charge on any atom is -0.456 e. The Morgan fingerprint density at radius 3 is 2.00 bits per heavy atom. The van der Waals surface area contributed by atoms with Crippen LogP contribution in [-0.4, -0.2) is 4.57 Å². The number of para-hydroxylation sites is 3. The van der Waals surface area contributed by atoms with E-state index in [4.69, 9.17) is 4.74 Å². The van der Waals surface area contributed by atoms with Crippen LogP contribution in [0.25, 0.3) is 71.6 Å². The van der Waals surface area contributed by atoms with Gasteiger partial charge in [0.05, 0.1) is 11.0 Å². The average molecular weight is 536 g/mol. The van der Waals surface area contributed by atoms with Crippen LogP contribution in [0.2, 0.25) is 0 Å². The van der Waals surface area contributed by atoms with E-state index in [-0.39, 0.29) is 0 Å². The minimum absolute atomic E-state index is 0.905. The van der Waals surface area contributed by atoms with Crippen LogP contribution in [0.15, 0.2) is 152 Å². The quantitative estimate of drug-likeness (QED) is 0.219. The highest BCUT2D eigenvalue weighted by molar-refractivity contribution is 6.14. The van der Waals surface area contributed by atoms with Gasteiger partial charge in [0.15, 0.2) is 0 Å². The number of hydrogen-bond acceptors (Lipinski definition) is 1. The fourth-order valence-corrected chi connectivity index (χ4v) is 6.68. The van der Waals surface area contributed by atoms with E-state index >= 15 is 0 Å². The predicted octanol–water partition coefficient (Wildman–Crippen LogP) is 11.0. The molecule has 1 aliphatic rings. The third-order valence-electron chi connectivity index (χ3n) is 8.59. The van der Waals surface area contributed by atoms with E-state index in [1.165, 1.54) is 66.1 Å². The van der Waals surface area contributed by atoms with E-state index in [1.54, 1.807) is 0 Å². The second-order valence-electron chi connectivity index (χ2n) is 10.9. The van der Waals surface area contributed by atoms with Crippen molar-refractivity contribution in [2.45, 2.75) is 0 Å². The van der Waals surface area contributed by atoms with E-state index in [9.17, 15) is 0 Å². The number of aromatic nitrogens is 1. The molecule has 0 unspecified atom stereocenters. The predicted molar refractivity (Wildman–Crippen MR) is 175 cm³/mol. The molecule has 0 aliphatic carbocycles. The van der Waals surface area contributed by atoms with Crippen LogP contribution in [0, 0.1) is 0 Å². The van der Waals surface area contributed by atoms with Crippen LogP contribution in [0.3, 0.4) is 0 Å². The molecule has 2 heterocycles. The van der Waals surface area contributed by atoms with Crippen molar-refractivity contribution in [2.75, 3.05) is 0 Å². The Morgan fingerprint density at radius 2 is 1.12 bits per heavy atom. The van der Waals surface area contributed by atoms with Gasteiger partial charge in [0.2, 0.25) is 0 Å². The number of hydrogen-bond donors (Lipinski definition) is 0. The van der Waals surface area contributed by atoms with Gasteiger partial charge in [0, 0.05) is 33.0 Å². The van der Waals surface area contributed by atoms with Crippen molar-refractivity contribution in [3.63, 3.8) is 0 Å². The van der Waals surface area contributed by atoms with Crippen molar-refractivity contribution in [1.29, 1.82) is 0 Å². The molecule has 196 valence electrons. The number of benzene rings is 7. The van der Waals surface area contributed by atoms with Gasteiger partial charge in [-0.1, -0.05) is 115 Å². The summed E-state index contributed by atoms with van der Waals surface area (Å²) in [7, 11) is 0. The maximum atomic E-state index is 6.33. The van der Waals surface area contributed by atoms with Crippen molar-refractivity contribution >= 4 is 32.6 Å². The van der Waals surface area contributed by atoms with E-state index in [2.05, 4.69) is 156 Å². The van der Waals surface area contributed by atoms with Crippen molar-refractivity contribution in [1.82, 2.24) is 4.57 Å². The number of ether oxygens (including phenoxy) is 1. The van der Waals surface area contributed by atoms with Crippen molar-refractivity contribution in [3.05, 3.63) is 152 Å². The van der Waals surface area contributed by atoms with Gasteiger partial charge in [0.1, 0.15) is 11.5 Å². The molecule has 0 saturated heterocycles. The molecule has 2 heteroatoms. The maximum absolute atomic E-state index is 6.33. The van der Waals surface area contributed by atoms with Gasteiger partial charge in [0.25, 0.3) is 0 Å². The highest BCUT2D eigenvalue weighted by atomic mass is 16.5. The minimum atomic E-state index is 0.905. The first-order valence-electron chi connectivity index (χ1n) is 14.4. The second-order valence-corrected chi connectivity index (χ2v) is 10.9. The second kappa shape index (κ2) is 8.95. The van der Waals surface area contributed by atoms with Gasteiger partial charge in [-0.2, -0.15) is 0 Å². The standard InChI is InChI=1S/C40H25NO/c1-2-11-30(12-3-1)41-36-17-5-4-13-32(36)34-16-8-14-31(40(34)41)27-21-19-26(20-22-27)29-23-24-37-35(25-29)33-15-6-9-28-10-7-18-38(42-37)39(28)33/h1-25H. The Morgan fingerprint density at radius 1 is 0.429 bits per heavy atom. The Labute approximate surface area is 243 Å². The molecule has 0 fully saturated rings. The first-order valence-corrected chi connectivity index (χ1v) is 14.4. The number of fused-ring (bicyclic) bond motifs is 5. The third-order valence-corrected chi connectivity index (χ3v) is 8.59. The molecule has 0 saturated carbocycles. The Kier molecular flexibility index (Phi) is 4.93. The van der Waals surface area contributed by atoms with Crippen molar-refractivity contribution in [2.24, 2.45) is 0 Å². The summed E-state index contributed by atoms with van der Waals surface area (Å²) in [6.45, 7) is 0. The Balaban J connectivity index is 1.18. The van der Waals surface area contributed by atoms with Gasteiger partial charge in [-0.25, -0.2) is 0 Å². The molecule has 0 spiro atoms. The van der Waals surface area contributed by atoms with Gasteiger partial charge in [-0.3, -0.25) is 0 Å². The molecule has 0 atom stereocenters. The summed E-state index contributed by atoms with van der Waals surface area (Å²) in [6, 6.07) is 54.3. The summed E-state index contributed by atoms with van der Waals surface area (Å²) in [5.74, 6) is 1.83. The first kappa shape index (κ1) is 23.1. The smallest absolute Gasteiger partial charge is 0.135 e. The van der Waals surface area contributed by atoms with Crippen LogP contribution in [-0.2, 0) is 0 Å². The Hall–Kier alpha value is -5.60. The van der Waals surface area contributed by atoms with E-state index < -0.39 is 0 Å². The number of nitrogens with zero attached hydrogens (tertiary/aromatic N) is 1. The molecular formula is C40H25NO. The molecule has 0 bridgehead atoms. The molecule has 1 aromatic heterocycles. The van der Waals surface area contributed by atoms with Crippen LogP contribution in [0.5, 0.6) is 11.5 Å². The summed E-state index contributed by atoms with van der Waals surface area (Å²) in [6.07, 6.45) is 0. The van der Waals surface area contributed by atoms with Gasteiger partial charge < -0.3 is 9.30 Å². The fraction of sp³-hybridized carbons (Fsp3) is 0. The highest BCUT2D eigenvalue weighted by Crippen LogP contribution is 2.47. The molecule has 0 radical (unpaired) electrons. The zero-order valence-electron chi connectivity index (χ0n) is 22.8. The lowest BCUT2D eigenvalue weighted by Gasteiger charge is -2.22. The summed E-state index contributed by atoms with van der Waals surface area (Å²) >= 11 is 0. The summed E-state index contributed by atoms with van der Waals surface area (Å²) in [5.41, 5.74) is 10.8. The van der Waals surface area contributed by atoms with E-state index in [0.717, 1.165) is 17.1 Å². The van der Waals surface area contributed by atoms with E-state index in [1.807, 2.05) is 0 Å². The number of rotatable bonds is 3. The lowest BCUT2D eigenvalue weighted by atomic mass is 9.92. The monoisotopic (exact) mass is 535 g/mol. The zero-order chi connectivity index (χ0) is 27.6. The summed E-state index contributed by atoms with van der Waals surface area (Å²) in [4.78, 5) is 0. The summed E-state index contributed by atoms with van der Waals surface area (Å²) < 4.78 is 8.73. The van der Waals surface area contributed by atoms with Crippen molar-refractivity contribution < 1.29 is 4.74 Å². The van der Waals surface area contributed by atoms with Crippen LogP contribution >= 0.6 is 0 Å². The zero-order valence-corrected chi connectivity index (χ0v) is 22.8. The molecule has 1 aliphatic heterocycles. The SMILES string of the molecule is c1ccc(-n2c3ccccc3c3cccc(-c4ccc(-c5ccc6c(c5)-c5cccc7cccc(c57)O6)cc4)c32)cc1. The van der Waals surface area contributed by atoms with Crippen LogP contribution in [0.4, 0.5) is 0 Å². The van der Waals surface area contributed by atoms with Gasteiger partial charge in [-0.05, 0) is 64.0 Å². The molecule has 0 amide bonds. The lowest BCUT2D eigenvalue weighted by molar-refractivity contribution is 0.487. The van der Waals surface area contributed by atoms with Gasteiger partial charge in [-0.15, -0.1) is 0 Å². The molecule has 9 rings (SSSR count). The van der Waals surface area contributed by atoms with Gasteiger partial charge >= 0.3 is 0 Å². The van der Waals surface area contributed by atoms with Crippen LogP contribution < -0.4 is 4.74 Å². The third kappa shape index (κ3) is 3.39. The largest absolute Gasteiger partial charge is 0.456 e. The topological polar surface area (TPSA) is 14.2 Å². The summed E-state index contributed by atoms with van der Waals surface area (Å²) in [5, 5.41) is 4.91. The molecule has 0 N–H and O–H groups in total. The first-order chi connectivity index (χ1) is 20.8. The fourth-order valence-electron chi connectivity index (χ4n) is 6.68. The molecule has 42 heavy (non-hydrogen) atoms. The van der Waals surface area contributed by atoms with E-state index in [0.29, 0.717) is 0 Å². The molecular weight excluding hydrogens is 510 g/mol. The molecule has 2 nitrogen and oxygen atoms in total. The Bertz CT molecular complexity index is 2300. The molecule has 8 aromatic rings. The lowest BCUT2D eigenvalue weighted by Crippen LogP contribution is -1.97. The average Bonchev–Trinajstić information content (AvgIpc) is 3.40. The van der Waals surface area contributed by atoms with Crippen LogP contribution in [0.1, 0.15) is 0 Å². The highest BCUT2D eigenvalue weighted by Gasteiger charge is 2.20. The van der Waals surface area contributed by atoms with Crippen molar-refractivity contribution in [3.8, 4) is 50.6 Å².